The molecular formula is C19H29N2O3+. The van der Waals surface area contributed by atoms with E-state index in [-0.39, 0.29) is 5.91 Å². The first-order chi connectivity index (χ1) is 11.6. The molecule has 1 aromatic rings. The van der Waals surface area contributed by atoms with Crippen LogP contribution in [0.4, 0.5) is 5.69 Å². The van der Waals surface area contributed by atoms with Crippen LogP contribution in [0, 0.1) is 6.92 Å². The zero-order chi connectivity index (χ0) is 17.4. The molecule has 0 spiro atoms. The highest BCUT2D eigenvalue weighted by atomic mass is 16.5. The minimum atomic E-state index is -0.397. The number of nitrogens with one attached hydrogen (secondary N) is 1. The first-order valence-corrected chi connectivity index (χ1v) is 8.92. The van der Waals surface area contributed by atoms with Crippen LogP contribution < -0.4 is 10.6 Å². The lowest BCUT2D eigenvalue weighted by Gasteiger charge is -2.18. The van der Waals surface area contributed by atoms with Gasteiger partial charge in [0.1, 0.15) is 0 Å². The minimum Gasteiger partial charge on any atom is -0.465 e. The van der Waals surface area contributed by atoms with E-state index in [9.17, 15) is 9.59 Å². The Morgan fingerprint density at radius 1 is 1.17 bits per heavy atom. The van der Waals surface area contributed by atoms with Crippen molar-refractivity contribution in [3.8, 4) is 0 Å². The molecule has 0 aromatic heterocycles. The maximum Gasteiger partial charge on any atom is 0.337 e. The summed E-state index contributed by atoms with van der Waals surface area (Å²) >= 11 is 0. The van der Waals surface area contributed by atoms with Gasteiger partial charge in [-0.2, -0.15) is 0 Å². The van der Waals surface area contributed by atoms with E-state index in [0.717, 1.165) is 5.56 Å². The van der Waals surface area contributed by atoms with Gasteiger partial charge in [-0.05, 0) is 50.3 Å². The number of ether oxygens (including phenoxy) is 1. The fourth-order valence-corrected chi connectivity index (χ4v) is 3.20. The predicted octanol–water partition coefficient (Wildman–Crippen LogP) is 2.40. The topological polar surface area (TPSA) is 72.0 Å². The number of hydrogen-bond donors (Lipinski definition) is 2. The zero-order valence-electron chi connectivity index (χ0n) is 14.8. The molecule has 1 aliphatic rings. The molecule has 0 bridgehead atoms. The van der Waals surface area contributed by atoms with E-state index < -0.39 is 5.97 Å². The second kappa shape index (κ2) is 9.42. The van der Waals surface area contributed by atoms with E-state index >= 15 is 0 Å². The standard InChI is InChI=1S/C19H28N2O3/c1-14-10-11-15(19(23)24-2)12-17(14)21-18(22)13-20-16-8-6-4-3-5-7-9-16/h10-12,16,20H,3-9,13H2,1-2H3,(H,21,22)/p+1. The molecule has 5 nitrogen and oxygen atoms in total. The Morgan fingerprint density at radius 3 is 2.50 bits per heavy atom. The number of anilines is 1. The van der Waals surface area contributed by atoms with Gasteiger partial charge in [-0.1, -0.05) is 25.3 Å². The van der Waals surface area contributed by atoms with Crippen LogP contribution >= 0.6 is 0 Å². The Kier molecular flexibility index (Phi) is 7.25. The van der Waals surface area contributed by atoms with E-state index in [1.54, 1.807) is 12.1 Å². The van der Waals surface area contributed by atoms with Crippen LogP contribution in [-0.2, 0) is 9.53 Å². The molecule has 0 atom stereocenters. The predicted molar refractivity (Wildman–Crippen MR) is 94.0 cm³/mol. The second-order valence-corrected chi connectivity index (χ2v) is 6.61. The quantitative estimate of drug-likeness (QED) is 0.813. The molecule has 0 unspecified atom stereocenters. The van der Waals surface area contributed by atoms with E-state index in [1.165, 1.54) is 52.1 Å². The molecule has 1 aliphatic carbocycles. The lowest BCUT2D eigenvalue weighted by Crippen LogP contribution is -2.91. The van der Waals surface area contributed by atoms with E-state index in [4.69, 9.17) is 4.74 Å². The van der Waals surface area contributed by atoms with Crippen LogP contribution in [0.3, 0.4) is 0 Å². The summed E-state index contributed by atoms with van der Waals surface area (Å²) in [5, 5.41) is 5.09. The van der Waals surface area contributed by atoms with Crippen molar-refractivity contribution in [2.45, 2.75) is 57.9 Å². The smallest absolute Gasteiger partial charge is 0.337 e. The largest absolute Gasteiger partial charge is 0.465 e. The number of hydrogen-bond acceptors (Lipinski definition) is 3. The molecule has 5 heteroatoms. The summed E-state index contributed by atoms with van der Waals surface area (Å²) in [5.74, 6) is -0.422. The van der Waals surface area contributed by atoms with Gasteiger partial charge in [0.2, 0.25) is 0 Å². The molecule has 1 amide bonds. The number of rotatable bonds is 5. The molecule has 0 aliphatic heterocycles. The normalized spacial score (nSPS) is 16.1. The lowest BCUT2D eigenvalue weighted by atomic mass is 9.97. The average molecular weight is 333 g/mol. The fraction of sp³-hybridized carbons (Fsp3) is 0.579. The van der Waals surface area contributed by atoms with Crippen molar-refractivity contribution in [3.63, 3.8) is 0 Å². The monoisotopic (exact) mass is 333 g/mol. The SMILES string of the molecule is COC(=O)c1ccc(C)c(NC(=O)C[NH2+]C2CCCCCCC2)c1. The van der Waals surface area contributed by atoms with Gasteiger partial charge in [0, 0.05) is 5.69 Å². The first-order valence-electron chi connectivity index (χ1n) is 8.92. The van der Waals surface area contributed by atoms with Crippen molar-refractivity contribution < 1.29 is 19.6 Å². The second-order valence-electron chi connectivity index (χ2n) is 6.61. The highest BCUT2D eigenvalue weighted by Crippen LogP contribution is 2.17. The van der Waals surface area contributed by atoms with Crippen LogP contribution in [0.2, 0.25) is 0 Å². The molecule has 3 N–H and O–H groups in total. The molecule has 132 valence electrons. The molecule has 1 fully saturated rings. The van der Waals surface area contributed by atoms with Gasteiger partial charge in [-0.25, -0.2) is 4.79 Å². The Bertz CT molecular complexity index is 564. The molecule has 2 rings (SSSR count). The number of carbonyl (C=O) groups excluding carboxylic acids is 2. The van der Waals surface area contributed by atoms with E-state index in [2.05, 4.69) is 10.6 Å². The summed E-state index contributed by atoms with van der Waals surface area (Å²) in [7, 11) is 1.35. The van der Waals surface area contributed by atoms with Crippen molar-refractivity contribution in [3.05, 3.63) is 29.3 Å². The summed E-state index contributed by atoms with van der Waals surface area (Å²) in [6, 6.07) is 5.76. The number of carbonyl (C=O) groups is 2. The summed E-state index contributed by atoms with van der Waals surface area (Å²) in [6.07, 6.45) is 8.91. The van der Waals surface area contributed by atoms with Gasteiger partial charge >= 0.3 is 5.97 Å². The van der Waals surface area contributed by atoms with Gasteiger partial charge in [0.05, 0.1) is 18.7 Å². The Hall–Kier alpha value is -1.88. The van der Waals surface area contributed by atoms with Crippen LogP contribution in [0.5, 0.6) is 0 Å². The highest BCUT2D eigenvalue weighted by molar-refractivity contribution is 5.95. The molecule has 0 heterocycles. The summed E-state index contributed by atoms with van der Waals surface area (Å²) in [6.45, 7) is 2.34. The Balaban J connectivity index is 1.88. The van der Waals surface area contributed by atoms with Crippen molar-refractivity contribution in [2.75, 3.05) is 19.0 Å². The number of nitrogens with two attached hydrogens (primary N) is 1. The molecular weight excluding hydrogens is 304 g/mol. The number of amides is 1. The highest BCUT2D eigenvalue weighted by Gasteiger charge is 2.16. The average Bonchev–Trinajstić information content (AvgIpc) is 2.55. The third-order valence-corrected chi connectivity index (χ3v) is 4.72. The van der Waals surface area contributed by atoms with Crippen LogP contribution in [0.1, 0.15) is 60.9 Å². The van der Waals surface area contributed by atoms with E-state index in [0.29, 0.717) is 23.8 Å². The van der Waals surface area contributed by atoms with Crippen LogP contribution in [0.25, 0.3) is 0 Å². The maximum absolute atomic E-state index is 12.3. The van der Waals surface area contributed by atoms with Crippen molar-refractivity contribution in [1.82, 2.24) is 0 Å². The number of methoxy groups -OCH3 is 1. The molecule has 0 radical (unpaired) electrons. The summed E-state index contributed by atoms with van der Waals surface area (Å²) in [5.41, 5.74) is 2.05. The minimum absolute atomic E-state index is 0.0258. The number of esters is 1. The van der Waals surface area contributed by atoms with Crippen molar-refractivity contribution in [1.29, 1.82) is 0 Å². The van der Waals surface area contributed by atoms with Gasteiger partial charge in [-0.15, -0.1) is 0 Å². The van der Waals surface area contributed by atoms with E-state index in [1.807, 2.05) is 13.0 Å². The van der Waals surface area contributed by atoms with Gasteiger partial charge < -0.3 is 15.4 Å². The Morgan fingerprint density at radius 2 is 1.83 bits per heavy atom. The van der Waals surface area contributed by atoms with Crippen LogP contribution in [0.15, 0.2) is 18.2 Å². The third-order valence-electron chi connectivity index (χ3n) is 4.72. The van der Waals surface area contributed by atoms with Crippen molar-refractivity contribution >= 4 is 17.6 Å². The summed E-state index contributed by atoms with van der Waals surface area (Å²) < 4.78 is 4.73. The number of aryl methyl sites for hydroxylation is 1. The first kappa shape index (κ1) is 18.5. The molecule has 1 saturated carbocycles. The zero-order valence-corrected chi connectivity index (χ0v) is 14.8. The molecule has 1 aromatic carbocycles. The van der Waals surface area contributed by atoms with Crippen molar-refractivity contribution in [2.24, 2.45) is 0 Å². The number of benzene rings is 1. The lowest BCUT2D eigenvalue weighted by molar-refractivity contribution is -0.680. The van der Waals surface area contributed by atoms with Gasteiger partial charge in [0.15, 0.2) is 6.54 Å². The summed E-state index contributed by atoms with van der Waals surface area (Å²) in [4.78, 5) is 23.9. The maximum atomic E-state index is 12.3. The third kappa shape index (κ3) is 5.64. The van der Waals surface area contributed by atoms with Gasteiger partial charge in [0.25, 0.3) is 5.91 Å². The Labute approximate surface area is 144 Å². The van der Waals surface area contributed by atoms with Gasteiger partial charge in [-0.3, -0.25) is 4.79 Å². The molecule has 24 heavy (non-hydrogen) atoms. The number of quaternary nitrogens is 1. The molecule has 0 saturated heterocycles. The van der Waals surface area contributed by atoms with Crippen LogP contribution in [-0.4, -0.2) is 31.6 Å². The fourth-order valence-electron chi connectivity index (χ4n) is 3.20.